The molecule has 0 unspecified atom stereocenters. The van der Waals surface area contributed by atoms with Crippen LogP contribution >= 0.6 is 11.6 Å². The Morgan fingerprint density at radius 3 is 2.41 bits per heavy atom. The van der Waals surface area contributed by atoms with E-state index in [1.54, 1.807) is 24.3 Å². The van der Waals surface area contributed by atoms with E-state index in [-0.39, 0.29) is 24.7 Å². The van der Waals surface area contributed by atoms with Gasteiger partial charge in [-0.3, -0.25) is 0 Å². The Morgan fingerprint density at radius 1 is 1.09 bits per heavy atom. The smallest absolute Gasteiger partial charge is 0.246 e. The second-order valence-electron chi connectivity index (χ2n) is 4.60. The molecule has 0 fully saturated rings. The Kier molecular flexibility index (Phi) is 5.52. The van der Waals surface area contributed by atoms with E-state index in [2.05, 4.69) is 0 Å². The van der Waals surface area contributed by atoms with Gasteiger partial charge in [-0.1, -0.05) is 48.0 Å². The first-order chi connectivity index (χ1) is 10.5. The molecule has 0 aliphatic rings. The van der Waals surface area contributed by atoms with Gasteiger partial charge in [0.15, 0.2) is 5.82 Å². The molecule has 1 N–H and O–H groups in total. The summed E-state index contributed by atoms with van der Waals surface area (Å²) >= 11 is 5.65. The highest BCUT2D eigenvalue weighted by Crippen LogP contribution is 2.25. The van der Waals surface area contributed by atoms with E-state index in [0.29, 0.717) is 0 Å². The highest BCUT2D eigenvalue weighted by Gasteiger charge is 2.28. The molecule has 0 atom stereocenters. The number of hydrogen-bond acceptors (Lipinski definition) is 3. The van der Waals surface area contributed by atoms with E-state index in [1.807, 2.05) is 6.07 Å². The predicted octanol–water partition coefficient (Wildman–Crippen LogP) is 2.66. The Labute approximate surface area is 133 Å². The highest BCUT2D eigenvalue weighted by molar-refractivity contribution is 7.89. The Morgan fingerprint density at radius 2 is 1.77 bits per heavy atom. The fourth-order valence-electron chi connectivity index (χ4n) is 2.01. The number of aliphatic hydroxyl groups is 1. The molecule has 0 amide bonds. The molecule has 0 spiro atoms. The van der Waals surface area contributed by atoms with Crippen LogP contribution in [0.3, 0.4) is 0 Å². The van der Waals surface area contributed by atoms with Gasteiger partial charge in [0.2, 0.25) is 10.0 Å². The van der Waals surface area contributed by atoms with Crippen LogP contribution in [-0.2, 0) is 16.6 Å². The van der Waals surface area contributed by atoms with Gasteiger partial charge in [0.1, 0.15) is 4.90 Å². The van der Waals surface area contributed by atoms with E-state index < -0.39 is 20.7 Å². The summed E-state index contributed by atoms with van der Waals surface area (Å²) in [5, 5.41) is 8.86. The lowest BCUT2D eigenvalue weighted by atomic mass is 10.2. The van der Waals surface area contributed by atoms with Gasteiger partial charge >= 0.3 is 0 Å². The minimum atomic E-state index is -4.10. The van der Waals surface area contributed by atoms with Crippen LogP contribution in [0.2, 0.25) is 5.02 Å². The molecule has 2 aromatic carbocycles. The average molecular weight is 344 g/mol. The maximum Gasteiger partial charge on any atom is 0.246 e. The van der Waals surface area contributed by atoms with E-state index >= 15 is 0 Å². The second kappa shape index (κ2) is 7.19. The van der Waals surface area contributed by atoms with Gasteiger partial charge in [-0.2, -0.15) is 4.31 Å². The van der Waals surface area contributed by atoms with Gasteiger partial charge in [0.05, 0.1) is 11.6 Å². The lowest BCUT2D eigenvalue weighted by Crippen LogP contribution is -2.33. The van der Waals surface area contributed by atoms with Crippen LogP contribution in [0.1, 0.15) is 5.56 Å². The maximum absolute atomic E-state index is 14.0. The molecule has 0 saturated carbocycles. The van der Waals surface area contributed by atoms with Crippen LogP contribution in [0.25, 0.3) is 0 Å². The molecule has 0 aliphatic carbocycles. The molecule has 0 heterocycles. The van der Waals surface area contributed by atoms with Crippen LogP contribution in [0.4, 0.5) is 4.39 Å². The molecule has 2 aromatic rings. The van der Waals surface area contributed by atoms with Gasteiger partial charge < -0.3 is 5.11 Å². The summed E-state index contributed by atoms with van der Waals surface area (Å²) in [6, 6.07) is 12.7. The lowest BCUT2D eigenvalue weighted by molar-refractivity contribution is 0.250. The minimum absolute atomic E-state index is 0.0374. The van der Waals surface area contributed by atoms with Crippen LogP contribution in [0.15, 0.2) is 53.4 Å². The van der Waals surface area contributed by atoms with Crippen LogP contribution in [0.5, 0.6) is 0 Å². The largest absolute Gasteiger partial charge is 0.395 e. The standard InChI is InChI=1S/C15H15ClFNO3S/c16-13-7-4-8-14(15(13)17)22(20,21)18(9-10-19)11-12-5-2-1-3-6-12/h1-8,19H,9-11H2. The number of sulfonamides is 1. The van der Waals surface area contributed by atoms with Crippen LogP contribution < -0.4 is 0 Å². The number of nitrogens with zero attached hydrogens (tertiary/aromatic N) is 1. The number of benzene rings is 2. The third-order valence-corrected chi connectivity index (χ3v) is 5.24. The fraction of sp³-hybridized carbons (Fsp3) is 0.200. The molecular weight excluding hydrogens is 329 g/mol. The lowest BCUT2D eigenvalue weighted by Gasteiger charge is -2.22. The zero-order valence-corrected chi connectivity index (χ0v) is 13.2. The normalized spacial score (nSPS) is 11.8. The number of halogens is 2. The molecule has 0 bridgehead atoms. The molecular formula is C15H15ClFNO3S. The number of rotatable bonds is 6. The summed E-state index contributed by atoms with van der Waals surface area (Å²) in [4.78, 5) is -0.496. The van der Waals surface area contributed by atoms with Gasteiger partial charge in [0.25, 0.3) is 0 Å². The Bertz CT molecular complexity index is 738. The summed E-state index contributed by atoms with van der Waals surface area (Å²) in [5.74, 6) is -0.986. The fourth-order valence-corrected chi connectivity index (χ4v) is 3.74. The van der Waals surface area contributed by atoms with Gasteiger partial charge in [-0.15, -0.1) is 0 Å². The Hall–Kier alpha value is -1.47. The Balaban J connectivity index is 2.40. The maximum atomic E-state index is 14.0. The van der Waals surface area contributed by atoms with Crippen molar-refractivity contribution in [3.05, 3.63) is 64.9 Å². The van der Waals surface area contributed by atoms with Crippen molar-refractivity contribution in [2.45, 2.75) is 11.4 Å². The zero-order chi connectivity index (χ0) is 16.2. The monoisotopic (exact) mass is 343 g/mol. The van der Waals surface area contributed by atoms with E-state index in [9.17, 15) is 12.8 Å². The highest BCUT2D eigenvalue weighted by atomic mass is 35.5. The van der Waals surface area contributed by atoms with Gasteiger partial charge in [-0.25, -0.2) is 12.8 Å². The molecule has 22 heavy (non-hydrogen) atoms. The van der Waals surface area contributed by atoms with E-state index in [4.69, 9.17) is 16.7 Å². The number of hydrogen-bond donors (Lipinski definition) is 1. The second-order valence-corrected chi connectivity index (χ2v) is 6.91. The summed E-state index contributed by atoms with van der Waals surface area (Å²) in [7, 11) is -4.10. The first-order valence-corrected chi connectivity index (χ1v) is 8.37. The van der Waals surface area contributed by atoms with Gasteiger partial charge in [-0.05, 0) is 17.7 Å². The minimum Gasteiger partial charge on any atom is -0.395 e. The first-order valence-electron chi connectivity index (χ1n) is 6.55. The van der Waals surface area contributed by atoms with Crippen molar-refractivity contribution in [1.82, 2.24) is 4.31 Å². The molecule has 0 aromatic heterocycles. The van der Waals surface area contributed by atoms with Crippen molar-refractivity contribution in [1.29, 1.82) is 0 Å². The van der Waals surface area contributed by atoms with Crippen molar-refractivity contribution < 1.29 is 17.9 Å². The quantitative estimate of drug-likeness (QED) is 0.877. The predicted molar refractivity (Wildman–Crippen MR) is 82.5 cm³/mol. The molecule has 4 nitrogen and oxygen atoms in total. The molecule has 7 heteroatoms. The van der Waals surface area contributed by atoms with Gasteiger partial charge in [0, 0.05) is 13.1 Å². The summed E-state index contributed by atoms with van der Waals surface area (Å²) in [5.41, 5.74) is 0.738. The third-order valence-electron chi connectivity index (χ3n) is 3.09. The third kappa shape index (κ3) is 3.64. The van der Waals surface area contributed by atoms with Crippen molar-refractivity contribution in [2.24, 2.45) is 0 Å². The van der Waals surface area contributed by atoms with Crippen molar-refractivity contribution in [3.8, 4) is 0 Å². The SMILES string of the molecule is O=S(=O)(c1cccc(Cl)c1F)N(CCO)Cc1ccccc1. The molecule has 2 rings (SSSR count). The van der Waals surface area contributed by atoms with Crippen molar-refractivity contribution in [3.63, 3.8) is 0 Å². The molecule has 0 saturated heterocycles. The van der Waals surface area contributed by atoms with E-state index in [0.717, 1.165) is 15.9 Å². The molecule has 0 aliphatic heterocycles. The summed E-state index contributed by atoms with van der Waals surface area (Å²) in [6.45, 7) is -0.465. The average Bonchev–Trinajstić information content (AvgIpc) is 2.50. The first kappa shape index (κ1) is 16.9. The summed E-state index contributed by atoms with van der Waals surface area (Å²) in [6.07, 6.45) is 0. The van der Waals surface area contributed by atoms with Crippen LogP contribution in [0, 0.1) is 5.82 Å². The number of aliphatic hydroxyl groups excluding tert-OH is 1. The summed E-state index contributed by atoms with van der Waals surface area (Å²) < 4.78 is 40.3. The van der Waals surface area contributed by atoms with Crippen molar-refractivity contribution >= 4 is 21.6 Å². The zero-order valence-electron chi connectivity index (χ0n) is 11.6. The van der Waals surface area contributed by atoms with Crippen LogP contribution in [-0.4, -0.2) is 31.0 Å². The van der Waals surface area contributed by atoms with E-state index in [1.165, 1.54) is 12.1 Å². The topological polar surface area (TPSA) is 57.6 Å². The molecule has 118 valence electrons. The molecule has 0 radical (unpaired) electrons. The van der Waals surface area contributed by atoms with Crippen molar-refractivity contribution in [2.75, 3.05) is 13.2 Å².